The minimum Gasteiger partial charge on any atom is -0.377 e. The smallest absolute Gasteiger partial charge is 0.222 e. The van der Waals surface area contributed by atoms with Crippen LogP contribution in [0.3, 0.4) is 0 Å². The van der Waals surface area contributed by atoms with Crippen LogP contribution in [0.1, 0.15) is 18.4 Å². The standard InChI is InChI=1S/C12H17N3O/c1-10-8-14-12(15-9-10)13-5-2-11-3-6-16-7-4-11/h3,8-9H,2,4-7H2,1H3,(H,13,14,15). The lowest BCUT2D eigenvalue weighted by atomic mass is 10.1. The maximum Gasteiger partial charge on any atom is 0.222 e. The van der Waals surface area contributed by atoms with Crippen LogP contribution in [0.25, 0.3) is 0 Å². The first-order chi connectivity index (χ1) is 7.84. The highest BCUT2D eigenvalue weighted by molar-refractivity contribution is 5.24. The third kappa shape index (κ3) is 3.31. The molecular formula is C12H17N3O. The molecule has 1 aromatic rings. The van der Waals surface area contributed by atoms with Crippen molar-refractivity contribution < 1.29 is 4.74 Å². The van der Waals surface area contributed by atoms with Gasteiger partial charge in [-0.15, -0.1) is 0 Å². The molecule has 0 saturated carbocycles. The second-order valence-corrected chi connectivity index (χ2v) is 3.95. The first kappa shape index (κ1) is 11.1. The Labute approximate surface area is 95.8 Å². The SMILES string of the molecule is Cc1cnc(NCCC2=CCOCC2)nc1. The van der Waals surface area contributed by atoms with Gasteiger partial charge in [0, 0.05) is 18.9 Å². The number of hydrogen-bond donors (Lipinski definition) is 1. The second kappa shape index (κ2) is 5.61. The number of nitrogens with zero attached hydrogens (tertiary/aromatic N) is 2. The molecule has 1 aliphatic heterocycles. The maximum absolute atomic E-state index is 5.26. The molecule has 0 bridgehead atoms. The van der Waals surface area contributed by atoms with E-state index in [1.165, 1.54) is 5.57 Å². The Morgan fingerprint density at radius 1 is 1.38 bits per heavy atom. The molecule has 0 aromatic carbocycles. The molecule has 0 fully saturated rings. The van der Waals surface area contributed by atoms with Gasteiger partial charge in [-0.3, -0.25) is 0 Å². The van der Waals surface area contributed by atoms with Crippen LogP contribution in [0.2, 0.25) is 0 Å². The Morgan fingerprint density at radius 3 is 2.88 bits per heavy atom. The largest absolute Gasteiger partial charge is 0.377 e. The molecular weight excluding hydrogens is 202 g/mol. The summed E-state index contributed by atoms with van der Waals surface area (Å²) in [5, 5.41) is 3.22. The van der Waals surface area contributed by atoms with Crippen LogP contribution < -0.4 is 5.32 Å². The van der Waals surface area contributed by atoms with Gasteiger partial charge in [0.1, 0.15) is 0 Å². The molecule has 1 aliphatic rings. The van der Waals surface area contributed by atoms with Crippen molar-refractivity contribution in [2.45, 2.75) is 19.8 Å². The van der Waals surface area contributed by atoms with E-state index in [4.69, 9.17) is 4.74 Å². The Hall–Kier alpha value is -1.42. The first-order valence-electron chi connectivity index (χ1n) is 5.63. The molecule has 0 unspecified atom stereocenters. The summed E-state index contributed by atoms with van der Waals surface area (Å²) < 4.78 is 5.26. The van der Waals surface area contributed by atoms with Crippen molar-refractivity contribution in [2.24, 2.45) is 0 Å². The van der Waals surface area contributed by atoms with E-state index < -0.39 is 0 Å². The number of hydrogen-bond acceptors (Lipinski definition) is 4. The van der Waals surface area contributed by atoms with E-state index in [0.717, 1.165) is 38.2 Å². The highest BCUT2D eigenvalue weighted by atomic mass is 16.5. The maximum atomic E-state index is 5.26. The summed E-state index contributed by atoms with van der Waals surface area (Å²) in [4.78, 5) is 8.39. The predicted molar refractivity (Wildman–Crippen MR) is 63.4 cm³/mol. The van der Waals surface area contributed by atoms with Gasteiger partial charge in [-0.2, -0.15) is 0 Å². The summed E-state index contributed by atoms with van der Waals surface area (Å²) in [5.74, 6) is 0.707. The van der Waals surface area contributed by atoms with E-state index in [1.807, 2.05) is 19.3 Å². The average molecular weight is 219 g/mol. The third-order valence-electron chi connectivity index (χ3n) is 2.57. The number of anilines is 1. The van der Waals surface area contributed by atoms with Gasteiger partial charge in [-0.05, 0) is 25.3 Å². The lowest BCUT2D eigenvalue weighted by Gasteiger charge is -2.13. The number of aryl methyl sites for hydroxylation is 1. The molecule has 0 amide bonds. The fraction of sp³-hybridized carbons (Fsp3) is 0.500. The van der Waals surface area contributed by atoms with Gasteiger partial charge in [0.05, 0.1) is 13.2 Å². The summed E-state index contributed by atoms with van der Waals surface area (Å²) >= 11 is 0. The fourth-order valence-electron chi connectivity index (χ4n) is 1.61. The Morgan fingerprint density at radius 2 is 2.19 bits per heavy atom. The van der Waals surface area contributed by atoms with Crippen molar-refractivity contribution in [3.05, 3.63) is 29.6 Å². The summed E-state index contributed by atoms with van der Waals surface area (Å²) in [6, 6.07) is 0. The monoisotopic (exact) mass is 219 g/mol. The van der Waals surface area contributed by atoms with Crippen LogP contribution in [-0.2, 0) is 4.74 Å². The molecule has 1 aromatic heterocycles. The van der Waals surface area contributed by atoms with Crippen LogP contribution in [0.5, 0.6) is 0 Å². The van der Waals surface area contributed by atoms with Crippen molar-refractivity contribution >= 4 is 5.95 Å². The number of rotatable bonds is 4. The molecule has 16 heavy (non-hydrogen) atoms. The Kier molecular flexibility index (Phi) is 3.88. The Bertz CT molecular complexity index is 359. The van der Waals surface area contributed by atoms with Gasteiger partial charge in [-0.1, -0.05) is 11.6 Å². The lowest BCUT2D eigenvalue weighted by Crippen LogP contribution is -2.10. The second-order valence-electron chi connectivity index (χ2n) is 3.95. The molecule has 4 nitrogen and oxygen atoms in total. The number of ether oxygens (including phenoxy) is 1. The van der Waals surface area contributed by atoms with Gasteiger partial charge >= 0.3 is 0 Å². The molecule has 86 valence electrons. The fourth-order valence-corrected chi connectivity index (χ4v) is 1.61. The molecule has 0 aliphatic carbocycles. The van der Waals surface area contributed by atoms with Crippen molar-refractivity contribution in [2.75, 3.05) is 25.1 Å². The van der Waals surface area contributed by atoms with Crippen LogP contribution in [0.4, 0.5) is 5.95 Å². The zero-order valence-corrected chi connectivity index (χ0v) is 9.57. The molecule has 2 rings (SSSR count). The van der Waals surface area contributed by atoms with Gasteiger partial charge in [0.25, 0.3) is 0 Å². The van der Waals surface area contributed by atoms with E-state index in [1.54, 1.807) is 0 Å². The quantitative estimate of drug-likeness (QED) is 0.786. The van der Waals surface area contributed by atoms with Crippen LogP contribution in [-0.4, -0.2) is 29.7 Å². The van der Waals surface area contributed by atoms with Crippen molar-refractivity contribution in [3.63, 3.8) is 0 Å². The van der Waals surface area contributed by atoms with Crippen LogP contribution >= 0.6 is 0 Å². The van der Waals surface area contributed by atoms with Crippen molar-refractivity contribution in [1.29, 1.82) is 0 Å². The topological polar surface area (TPSA) is 47.0 Å². The predicted octanol–water partition coefficient (Wildman–Crippen LogP) is 1.93. The zero-order chi connectivity index (χ0) is 11.2. The normalized spacial score (nSPS) is 15.7. The molecule has 0 saturated heterocycles. The summed E-state index contributed by atoms with van der Waals surface area (Å²) in [6.07, 6.45) is 7.91. The molecule has 4 heteroatoms. The minimum atomic E-state index is 0.707. The molecule has 0 spiro atoms. The summed E-state index contributed by atoms with van der Waals surface area (Å²) in [5.41, 5.74) is 2.54. The number of aromatic nitrogens is 2. The molecule has 0 atom stereocenters. The van der Waals surface area contributed by atoms with Gasteiger partial charge in [0.2, 0.25) is 5.95 Å². The Balaban J connectivity index is 1.75. The molecule has 1 N–H and O–H groups in total. The molecule has 0 radical (unpaired) electrons. The van der Waals surface area contributed by atoms with E-state index in [-0.39, 0.29) is 0 Å². The zero-order valence-electron chi connectivity index (χ0n) is 9.57. The number of nitrogens with one attached hydrogen (secondary N) is 1. The van der Waals surface area contributed by atoms with Crippen LogP contribution in [0.15, 0.2) is 24.0 Å². The van der Waals surface area contributed by atoms with Gasteiger partial charge in [0.15, 0.2) is 0 Å². The minimum absolute atomic E-state index is 0.707. The third-order valence-corrected chi connectivity index (χ3v) is 2.57. The van der Waals surface area contributed by atoms with E-state index in [9.17, 15) is 0 Å². The van der Waals surface area contributed by atoms with Crippen LogP contribution in [0, 0.1) is 6.92 Å². The van der Waals surface area contributed by atoms with E-state index in [0.29, 0.717) is 5.95 Å². The summed E-state index contributed by atoms with van der Waals surface area (Å²) in [7, 11) is 0. The first-order valence-corrected chi connectivity index (χ1v) is 5.63. The van der Waals surface area contributed by atoms with Crippen molar-refractivity contribution in [1.82, 2.24) is 9.97 Å². The summed E-state index contributed by atoms with van der Waals surface area (Å²) in [6.45, 7) is 4.48. The van der Waals surface area contributed by atoms with Gasteiger partial charge in [-0.25, -0.2) is 9.97 Å². The highest BCUT2D eigenvalue weighted by Crippen LogP contribution is 2.11. The van der Waals surface area contributed by atoms with E-state index >= 15 is 0 Å². The van der Waals surface area contributed by atoms with E-state index in [2.05, 4.69) is 21.4 Å². The van der Waals surface area contributed by atoms with Gasteiger partial charge < -0.3 is 10.1 Å². The molecule has 2 heterocycles. The van der Waals surface area contributed by atoms with Crippen molar-refractivity contribution in [3.8, 4) is 0 Å². The lowest BCUT2D eigenvalue weighted by molar-refractivity contribution is 0.153. The average Bonchev–Trinajstić information content (AvgIpc) is 2.33. The highest BCUT2D eigenvalue weighted by Gasteiger charge is 2.03.